The van der Waals surface area contributed by atoms with Crippen LogP contribution in [0.3, 0.4) is 0 Å². The van der Waals surface area contributed by atoms with Crippen LogP contribution in [0.15, 0.2) is 76.6 Å². The predicted octanol–water partition coefficient (Wildman–Crippen LogP) is 5.41. The smallest absolute Gasteiger partial charge is 0.343 e. The maximum Gasteiger partial charge on any atom is 0.343 e. The average molecular weight is 447 g/mol. The Bertz CT molecular complexity index is 1270. The number of carbonyl (C=O) groups is 1. The summed E-state index contributed by atoms with van der Waals surface area (Å²) in [6.45, 7) is 6.36. The second kappa shape index (κ2) is 10.7. The van der Waals surface area contributed by atoms with E-state index >= 15 is 0 Å². The lowest BCUT2D eigenvalue weighted by Gasteiger charge is -2.16. The Balaban J connectivity index is 1.97. The number of nitrogens with zero attached hydrogens (tertiary/aromatic N) is 1. The zero-order chi connectivity index (χ0) is 24.0. The monoisotopic (exact) mass is 446 g/mol. The van der Waals surface area contributed by atoms with Gasteiger partial charge in [-0.3, -0.25) is 4.79 Å². The molecule has 3 rings (SSSR count). The van der Waals surface area contributed by atoms with Crippen LogP contribution < -0.4 is 20.8 Å². The van der Waals surface area contributed by atoms with E-state index in [9.17, 15) is 9.59 Å². The van der Waals surface area contributed by atoms with E-state index in [2.05, 4.69) is 19.9 Å². The van der Waals surface area contributed by atoms with Gasteiger partial charge in [0.25, 0.3) is 5.56 Å². The number of carbonyl (C=O) groups excluding carboxylic acids is 1. The molecule has 0 amide bonds. The van der Waals surface area contributed by atoms with Crippen molar-refractivity contribution in [2.24, 2.45) is 7.05 Å². The molecular weight excluding hydrogens is 416 g/mol. The van der Waals surface area contributed by atoms with Gasteiger partial charge in [-0.1, -0.05) is 35.4 Å². The number of rotatable bonds is 8. The summed E-state index contributed by atoms with van der Waals surface area (Å²) in [4.78, 5) is 25.9. The molecule has 0 saturated heterocycles. The standard InChI is InChI=1S/C27H30N2O4/c1-18(2)9-8-10-19(3)15-16-32-25-24(33-27(31)20-11-6-5-7-12-20)22-14-13-21(28)17-23(22)29(4)26(25)30/h5-7,9,11-15,17H,8,10,16,28H2,1-4H3/b19-15+. The number of aryl methyl sites for hydroxylation is 1. The molecule has 0 atom stereocenters. The molecule has 0 unspecified atom stereocenters. The summed E-state index contributed by atoms with van der Waals surface area (Å²) in [5.41, 5.74) is 9.39. The summed E-state index contributed by atoms with van der Waals surface area (Å²) in [6, 6.07) is 13.7. The summed E-state index contributed by atoms with van der Waals surface area (Å²) >= 11 is 0. The fraction of sp³-hybridized carbons (Fsp3) is 0.259. The number of esters is 1. The molecule has 3 aromatic rings. The van der Waals surface area contributed by atoms with Crippen molar-refractivity contribution in [3.63, 3.8) is 0 Å². The summed E-state index contributed by atoms with van der Waals surface area (Å²) < 4.78 is 13.1. The van der Waals surface area contributed by atoms with Gasteiger partial charge in [-0.2, -0.15) is 0 Å². The molecule has 0 aliphatic rings. The lowest BCUT2D eigenvalue weighted by molar-refractivity contribution is 0.0731. The van der Waals surface area contributed by atoms with E-state index in [-0.39, 0.29) is 18.1 Å². The Hall–Kier alpha value is -3.80. The molecule has 0 aliphatic carbocycles. The van der Waals surface area contributed by atoms with Crippen LogP contribution in [-0.2, 0) is 7.05 Å². The highest BCUT2D eigenvalue weighted by atomic mass is 16.6. The van der Waals surface area contributed by atoms with Crippen LogP contribution in [0.5, 0.6) is 11.5 Å². The van der Waals surface area contributed by atoms with E-state index < -0.39 is 11.5 Å². The van der Waals surface area contributed by atoms with Crippen LogP contribution in [0.4, 0.5) is 5.69 Å². The van der Waals surface area contributed by atoms with Crippen molar-refractivity contribution < 1.29 is 14.3 Å². The molecule has 1 heterocycles. The molecule has 6 heteroatoms. The van der Waals surface area contributed by atoms with Gasteiger partial charge in [0, 0.05) is 18.1 Å². The normalized spacial score (nSPS) is 11.3. The topological polar surface area (TPSA) is 83.5 Å². The van der Waals surface area contributed by atoms with Crippen molar-refractivity contribution in [3.8, 4) is 11.5 Å². The number of nitrogen functional groups attached to an aromatic ring is 1. The molecule has 0 bridgehead atoms. The Morgan fingerprint density at radius 2 is 1.76 bits per heavy atom. The summed E-state index contributed by atoms with van der Waals surface area (Å²) in [5, 5.41) is 0.565. The Morgan fingerprint density at radius 1 is 1.03 bits per heavy atom. The van der Waals surface area contributed by atoms with Gasteiger partial charge in [0.1, 0.15) is 6.61 Å². The highest BCUT2D eigenvalue weighted by Crippen LogP contribution is 2.34. The van der Waals surface area contributed by atoms with E-state index in [1.54, 1.807) is 49.5 Å². The number of nitrogens with two attached hydrogens (primary N) is 1. The van der Waals surface area contributed by atoms with Crippen LogP contribution >= 0.6 is 0 Å². The second-order valence-electron chi connectivity index (χ2n) is 8.24. The Kier molecular flexibility index (Phi) is 7.72. The number of pyridine rings is 1. The van der Waals surface area contributed by atoms with Crippen molar-refractivity contribution >= 4 is 22.6 Å². The fourth-order valence-corrected chi connectivity index (χ4v) is 3.41. The molecule has 2 N–H and O–H groups in total. The van der Waals surface area contributed by atoms with Gasteiger partial charge in [-0.05, 0) is 70.0 Å². The van der Waals surface area contributed by atoms with Crippen molar-refractivity contribution in [1.82, 2.24) is 4.57 Å². The lowest BCUT2D eigenvalue weighted by Crippen LogP contribution is -2.22. The van der Waals surface area contributed by atoms with E-state index in [4.69, 9.17) is 15.2 Å². The summed E-state index contributed by atoms with van der Waals surface area (Å²) in [7, 11) is 1.64. The zero-order valence-corrected chi connectivity index (χ0v) is 19.6. The van der Waals surface area contributed by atoms with Crippen LogP contribution in [0.2, 0.25) is 0 Å². The van der Waals surface area contributed by atoms with Gasteiger partial charge in [0.15, 0.2) is 5.75 Å². The lowest BCUT2D eigenvalue weighted by atomic mass is 10.1. The van der Waals surface area contributed by atoms with Crippen molar-refractivity contribution in [3.05, 3.63) is 87.7 Å². The summed E-state index contributed by atoms with van der Waals surface area (Å²) in [5.74, 6) is -0.481. The number of hydrogen-bond acceptors (Lipinski definition) is 5. The van der Waals surface area contributed by atoms with E-state index in [0.29, 0.717) is 22.2 Å². The molecular formula is C27H30N2O4. The van der Waals surface area contributed by atoms with Gasteiger partial charge in [-0.15, -0.1) is 0 Å². The molecule has 0 spiro atoms. The van der Waals surface area contributed by atoms with Gasteiger partial charge in [-0.25, -0.2) is 4.79 Å². The number of ether oxygens (including phenoxy) is 2. The SMILES string of the molecule is CC(C)=CCC/C(C)=C/COc1c(OC(=O)c2ccccc2)c2ccc(N)cc2n(C)c1=O. The predicted molar refractivity (Wildman–Crippen MR) is 133 cm³/mol. The third-order valence-corrected chi connectivity index (χ3v) is 5.29. The maximum atomic E-state index is 13.1. The van der Waals surface area contributed by atoms with E-state index in [0.717, 1.165) is 18.4 Å². The highest BCUT2D eigenvalue weighted by Gasteiger charge is 2.21. The molecule has 0 radical (unpaired) electrons. The number of allylic oxidation sites excluding steroid dienone is 3. The Labute approximate surface area is 193 Å². The first kappa shape index (κ1) is 23.9. The molecule has 172 valence electrons. The Morgan fingerprint density at radius 3 is 2.45 bits per heavy atom. The molecule has 0 fully saturated rings. The summed E-state index contributed by atoms with van der Waals surface area (Å²) in [6.07, 6.45) is 5.97. The van der Waals surface area contributed by atoms with Crippen LogP contribution in [-0.4, -0.2) is 17.1 Å². The molecule has 0 aliphatic heterocycles. The van der Waals surface area contributed by atoms with E-state index in [1.165, 1.54) is 10.1 Å². The van der Waals surface area contributed by atoms with E-state index in [1.807, 2.05) is 19.1 Å². The van der Waals surface area contributed by atoms with Crippen molar-refractivity contribution in [1.29, 1.82) is 0 Å². The van der Waals surface area contributed by atoms with Gasteiger partial charge >= 0.3 is 5.97 Å². The molecule has 0 saturated carbocycles. The molecule has 2 aromatic carbocycles. The third kappa shape index (κ3) is 5.92. The molecule has 33 heavy (non-hydrogen) atoms. The minimum absolute atomic E-state index is 0.00704. The molecule has 6 nitrogen and oxygen atoms in total. The van der Waals surface area contributed by atoms with Crippen LogP contribution in [0.1, 0.15) is 44.0 Å². The van der Waals surface area contributed by atoms with Gasteiger partial charge in [0.05, 0.1) is 11.1 Å². The second-order valence-corrected chi connectivity index (χ2v) is 8.24. The van der Waals surface area contributed by atoms with Crippen LogP contribution in [0.25, 0.3) is 10.9 Å². The van der Waals surface area contributed by atoms with Gasteiger partial charge < -0.3 is 19.8 Å². The number of hydrogen-bond donors (Lipinski definition) is 1. The minimum atomic E-state index is -0.569. The quantitative estimate of drug-likeness (QED) is 0.284. The maximum absolute atomic E-state index is 13.1. The fourth-order valence-electron chi connectivity index (χ4n) is 3.41. The number of fused-ring (bicyclic) bond motifs is 1. The third-order valence-electron chi connectivity index (χ3n) is 5.29. The van der Waals surface area contributed by atoms with Crippen LogP contribution in [0, 0.1) is 0 Å². The number of anilines is 1. The first-order valence-electron chi connectivity index (χ1n) is 10.9. The van der Waals surface area contributed by atoms with Gasteiger partial charge in [0.2, 0.25) is 5.75 Å². The first-order chi connectivity index (χ1) is 15.8. The average Bonchev–Trinajstić information content (AvgIpc) is 2.79. The number of benzene rings is 2. The molecule has 1 aromatic heterocycles. The largest absolute Gasteiger partial charge is 0.481 e. The zero-order valence-electron chi connectivity index (χ0n) is 19.6. The van der Waals surface area contributed by atoms with Crippen molar-refractivity contribution in [2.75, 3.05) is 12.3 Å². The number of aromatic nitrogens is 1. The first-order valence-corrected chi connectivity index (χ1v) is 10.9. The minimum Gasteiger partial charge on any atom is -0.481 e. The highest BCUT2D eigenvalue weighted by molar-refractivity contribution is 5.96. The van der Waals surface area contributed by atoms with Crippen molar-refractivity contribution in [2.45, 2.75) is 33.6 Å².